The first kappa shape index (κ1) is 19.8. The molecular formula is C22H24FN3O2. The molecule has 0 bridgehead atoms. The van der Waals surface area contributed by atoms with Crippen LogP contribution >= 0.6 is 0 Å². The molecule has 3 rings (SSSR count). The molecule has 0 aromatic heterocycles. The van der Waals surface area contributed by atoms with E-state index in [-0.39, 0.29) is 23.7 Å². The summed E-state index contributed by atoms with van der Waals surface area (Å²) in [5, 5.41) is 2.89. The SMILES string of the molecule is C=C1c2ccccc2C(=O)N1[C@H](C)C(=O)NC[C@H](c1cccc(F)c1)N(C)C. The van der Waals surface area contributed by atoms with Gasteiger partial charge in [0.15, 0.2) is 0 Å². The van der Waals surface area contributed by atoms with E-state index in [1.165, 1.54) is 17.0 Å². The number of nitrogens with one attached hydrogen (secondary N) is 1. The summed E-state index contributed by atoms with van der Waals surface area (Å²) in [6, 6.07) is 12.6. The Hall–Kier alpha value is -2.99. The fourth-order valence-electron chi connectivity index (χ4n) is 3.49. The van der Waals surface area contributed by atoms with Gasteiger partial charge in [0, 0.05) is 23.4 Å². The first-order valence-corrected chi connectivity index (χ1v) is 9.12. The average molecular weight is 381 g/mol. The van der Waals surface area contributed by atoms with Crippen molar-refractivity contribution >= 4 is 17.5 Å². The third-order valence-electron chi connectivity index (χ3n) is 5.07. The molecule has 2 atom stereocenters. The lowest BCUT2D eigenvalue weighted by molar-refractivity contribution is -0.124. The molecule has 0 spiro atoms. The molecule has 1 aliphatic rings. The summed E-state index contributed by atoms with van der Waals surface area (Å²) < 4.78 is 13.6. The Labute approximate surface area is 164 Å². The van der Waals surface area contributed by atoms with E-state index in [2.05, 4.69) is 11.9 Å². The monoisotopic (exact) mass is 381 g/mol. The number of fused-ring (bicyclic) bond motifs is 1. The van der Waals surface area contributed by atoms with Crippen LogP contribution in [0.5, 0.6) is 0 Å². The maximum atomic E-state index is 13.6. The standard InChI is InChI=1S/C22H24FN3O2/c1-14-18-10-5-6-11-19(18)22(28)26(14)15(2)21(27)24-13-20(25(3)4)16-8-7-9-17(23)12-16/h5-12,15,20H,1,13H2,2-4H3,(H,24,27)/t15-,20-/m1/s1. The van der Waals surface area contributed by atoms with Gasteiger partial charge in [-0.05, 0) is 44.8 Å². The van der Waals surface area contributed by atoms with E-state index in [0.717, 1.165) is 11.1 Å². The van der Waals surface area contributed by atoms with Gasteiger partial charge in [-0.2, -0.15) is 0 Å². The summed E-state index contributed by atoms with van der Waals surface area (Å²) in [5.41, 5.74) is 2.60. The Bertz CT molecular complexity index is 891. The molecule has 6 heteroatoms. The first-order valence-electron chi connectivity index (χ1n) is 9.12. The number of amides is 2. The lowest BCUT2D eigenvalue weighted by atomic mass is 10.1. The number of likely N-dealkylation sites (N-methyl/N-ethyl adjacent to an activating group) is 1. The van der Waals surface area contributed by atoms with Gasteiger partial charge in [0.2, 0.25) is 5.91 Å². The Kier molecular flexibility index (Phi) is 5.61. The Morgan fingerprint density at radius 1 is 1.18 bits per heavy atom. The zero-order chi connectivity index (χ0) is 20.4. The minimum atomic E-state index is -0.706. The molecule has 0 saturated carbocycles. The van der Waals surface area contributed by atoms with Gasteiger partial charge in [-0.15, -0.1) is 0 Å². The van der Waals surface area contributed by atoms with Crippen LogP contribution in [-0.2, 0) is 4.79 Å². The van der Waals surface area contributed by atoms with E-state index in [1.807, 2.05) is 37.2 Å². The van der Waals surface area contributed by atoms with Gasteiger partial charge in [-0.3, -0.25) is 14.5 Å². The molecule has 2 aromatic carbocycles. The molecule has 28 heavy (non-hydrogen) atoms. The van der Waals surface area contributed by atoms with E-state index in [9.17, 15) is 14.0 Å². The number of nitrogens with zero attached hydrogens (tertiary/aromatic N) is 2. The summed E-state index contributed by atoms with van der Waals surface area (Å²) in [6.45, 7) is 5.96. The minimum absolute atomic E-state index is 0.193. The first-order chi connectivity index (χ1) is 13.3. The number of hydrogen-bond donors (Lipinski definition) is 1. The van der Waals surface area contributed by atoms with Gasteiger partial charge in [-0.25, -0.2) is 4.39 Å². The van der Waals surface area contributed by atoms with Crippen LogP contribution < -0.4 is 5.32 Å². The lowest BCUT2D eigenvalue weighted by Crippen LogP contribution is -2.46. The van der Waals surface area contributed by atoms with Crippen LogP contribution in [0.1, 0.15) is 34.5 Å². The van der Waals surface area contributed by atoms with Crippen molar-refractivity contribution in [2.45, 2.75) is 19.0 Å². The summed E-state index contributed by atoms with van der Waals surface area (Å²) >= 11 is 0. The number of benzene rings is 2. The van der Waals surface area contributed by atoms with Gasteiger partial charge in [0.1, 0.15) is 11.9 Å². The molecule has 0 fully saturated rings. The zero-order valence-electron chi connectivity index (χ0n) is 16.3. The predicted octanol–water partition coefficient (Wildman–Crippen LogP) is 3.06. The second-order valence-corrected chi connectivity index (χ2v) is 7.12. The Morgan fingerprint density at radius 3 is 2.46 bits per heavy atom. The smallest absolute Gasteiger partial charge is 0.259 e. The third-order valence-corrected chi connectivity index (χ3v) is 5.07. The Balaban J connectivity index is 1.71. The Morgan fingerprint density at radius 2 is 1.86 bits per heavy atom. The molecule has 2 amide bonds. The van der Waals surface area contributed by atoms with Gasteiger partial charge in [-0.1, -0.05) is 36.9 Å². The summed E-state index contributed by atoms with van der Waals surface area (Å²) in [4.78, 5) is 28.8. The highest BCUT2D eigenvalue weighted by molar-refractivity contribution is 6.10. The van der Waals surface area contributed by atoms with Crippen LogP contribution in [0.4, 0.5) is 4.39 Å². The quantitative estimate of drug-likeness (QED) is 0.837. The highest BCUT2D eigenvalue weighted by Gasteiger charge is 2.36. The second-order valence-electron chi connectivity index (χ2n) is 7.12. The van der Waals surface area contributed by atoms with Crippen molar-refractivity contribution in [1.82, 2.24) is 15.1 Å². The van der Waals surface area contributed by atoms with Crippen molar-refractivity contribution < 1.29 is 14.0 Å². The maximum absolute atomic E-state index is 13.6. The van der Waals surface area contributed by atoms with Crippen molar-refractivity contribution in [3.05, 3.63) is 77.6 Å². The van der Waals surface area contributed by atoms with Crippen molar-refractivity contribution in [2.75, 3.05) is 20.6 Å². The molecule has 0 radical (unpaired) electrons. The van der Waals surface area contributed by atoms with Crippen molar-refractivity contribution in [1.29, 1.82) is 0 Å². The van der Waals surface area contributed by atoms with E-state index >= 15 is 0 Å². The van der Waals surface area contributed by atoms with Crippen molar-refractivity contribution in [3.8, 4) is 0 Å². The number of halogens is 1. The number of carbonyl (C=O) groups is 2. The van der Waals surface area contributed by atoms with Crippen LogP contribution in [0.15, 0.2) is 55.1 Å². The fraction of sp³-hybridized carbons (Fsp3) is 0.273. The molecule has 146 valence electrons. The van der Waals surface area contributed by atoms with E-state index in [0.29, 0.717) is 17.8 Å². The van der Waals surface area contributed by atoms with Crippen LogP contribution in [0.2, 0.25) is 0 Å². The fourth-order valence-corrected chi connectivity index (χ4v) is 3.49. The highest BCUT2D eigenvalue weighted by Crippen LogP contribution is 2.32. The number of rotatable bonds is 6. The van der Waals surface area contributed by atoms with E-state index in [4.69, 9.17) is 0 Å². The third kappa shape index (κ3) is 3.68. The number of carbonyl (C=O) groups excluding carboxylic acids is 2. The molecule has 1 N–H and O–H groups in total. The minimum Gasteiger partial charge on any atom is -0.352 e. The molecule has 0 aliphatic carbocycles. The molecule has 5 nitrogen and oxygen atoms in total. The van der Waals surface area contributed by atoms with Crippen molar-refractivity contribution in [2.24, 2.45) is 0 Å². The lowest BCUT2D eigenvalue weighted by Gasteiger charge is -2.28. The summed E-state index contributed by atoms with van der Waals surface area (Å²) in [6.07, 6.45) is 0. The van der Waals surface area contributed by atoms with Crippen LogP contribution in [0.25, 0.3) is 5.70 Å². The summed E-state index contributed by atoms with van der Waals surface area (Å²) in [5.74, 6) is -0.830. The molecule has 1 heterocycles. The van der Waals surface area contributed by atoms with Gasteiger partial charge in [0.05, 0.1) is 6.04 Å². The number of hydrogen-bond acceptors (Lipinski definition) is 3. The average Bonchev–Trinajstić information content (AvgIpc) is 2.92. The molecular weight excluding hydrogens is 357 g/mol. The van der Waals surface area contributed by atoms with E-state index in [1.54, 1.807) is 25.1 Å². The predicted molar refractivity (Wildman–Crippen MR) is 107 cm³/mol. The van der Waals surface area contributed by atoms with Crippen LogP contribution in [0.3, 0.4) is 0 Å². The van der Waals surface area contributed by atoms with E-state index < -0.39 is 6.04 Å². The van der Waals surface area contributed by atoms with Gasteiger partial charge in [0.25, 0.3) is 5.91 Å². The van der Waals surface area contributed by atoms with Crippen molar-refractivity contribution in [3.63, 3.8) is 0 Å². The summed E-state index contributed by atoms with van der Waals surface area (Å²) in [7, 11) is 3.74. The molecule has 0 unspecified atom stereocenters. The molecule has 1 aliphatic heterocycles. The largest absolute Gasteiger partial charge is 0.352 e. The molecule has 2 aromatic rings. The zero-order valence-corrected chi connectivity index (χ0v) is 16.3. The second kappa shape index (κ2) is 7.94. The van der Waals surface area contributed by atoms with Gasteiger partial charge >= 0.3 is 0 Å². The normalized spacial score (nSPS) is 15.5. The maximum Gasteiger partial charge on any atom is 0.259 e. The topological polar surface area (TPSA) is 52.7 Å². The van der Waals surface area contributed by atoms with Crippen LogP contribution in [0, 0.1) is 5.82 Å². The molecule has 0 saturated heterocycles. The van der Waals surface area contributed by atoms with Crippen LogP contribution in [-0.4, -0.2) is 48.3 Å². The highest BCUT2D eigenvalue weighted by atomic mass is 19.1. The van der Waals surface area contributed by atoms with Gasteiger partial charge < -0.3 is 10.2 Å².